The molecule has 0 aliphatic rings. The molecule has 0 saturated carbocycles. The maximum absolute atomic E-state index is 9.06. The Balaban J connectivity index is 2.24. The second kappa shape index (κ2) is 7.97. The van der Waals surface area contributed by atoms with Gasteiger partial charge >= 0.3 is 0 Å². The topological polar surface area (TPSA) is 70.1 Å². The molecule has 17 heavy (non-hydrogen) atoms. The fourth-order valence-electron chi connectivity index (χ4n) is 1.48. The molecule has 1 heterocycles. The van der Waals surface area contributed by atoms with Crippen LogP contribution in [0.25, 0.3) is 0 Å². The van der Waals surface area contributed by atoms with Crippen molar-refractivity contribution in [2.75, 3.05) is 25.0 Å². The molecule has 1 unspecified atom stereocenters. The highest BCUT2D eigenvalue weighted by Gasteiger charge is 1.98. The van der Waals surface area contributed by atoms with Crippen LogP contribution in [0.2, 0.25) is 0 Å². The van der Waals surface area contributed by atoms with Gasteiger partial charge in [0.15, 0.2) is 0 Å². The molecule has 0 fully saturated rings. The summed E-state index contributed by atoms with van der Waals surface area (Å²) in [7, 11) is 0. The number of aromatic nitrogens is 2. The monoisotopic (exact) mass is 238 g/mol. The number of aryl methyl sites for hydroxylation is 1. The minimum absolute atomic E-state index is 0.301. The Kier molecular flexibility index (Phi) is 6.50. The Bertz CT molecular complexity index is 317. The van der Waals surface area contributed by atoms with Crippen LogP contribution in [0.15, 0.2) is 12.4 Å². The summed E-state index contributed by atoms with van der Waals surface area (Å²) in [5, 5.41) is 15.4. The molecule has 1 aromatic rings. The van der Waals surface area contributed by atoms with Gasteiger partial charge in [0, 0.05) is 31.4 Å². The molecular weight excluding hydrogens is 216 g/mol. The van der Waals surface area contributed by atoms with Crippen molar-refractivity contribution in [3.63, 3.8) is 0 Å². The van der Waals surface area contributed by atoms with Crippen LogP contribution in [0.3, 0.4) is 0 Å². The number of aliphatic hydroxyl groups excluding tert-OH is 1. The molecule has 96 valence electrons. The van der Waals surface area contributed by atoms with Gasteiger partial charge in [0.1, 0.15) is 12.1 Å². The van der Waals surface area contributed by atoms with Crippen LogP contribution in [-0.2, 0) is 6.42 Å². The first-order valence-corrected chi connectivity index (χ1v) is 6.16. The summed E-state index contributed by atoms with van der Waals surface area (Å²) < 4.78 is 0. The molecule has 1 aromatic heterocycles. The first-order valence-electron chi connectivity index (χ1n) is 6.16. The molecular formula is C12H22N4O. The second-order valence-electron chi connectivity index (χ2n) is 4.12. The summed E-state index contributed by atoms with van der Waals surface area (Å²) in [5.74, 6) is 0.863. The Labute approximate surface area is 103 Å². The van der Waals surface area contributed by atoms with Crippen LogP contribution in [0.4, 0.5) is 5.82 Å². The van der Waals surface area contributed by atoms with E-state index in [1.165, 1.54) is 0 Å². The van der Waals surface area contributed by atoms with E-state index in [2.05, 4.69) is 27.5 Å². The van der Waals surface area contributed by atoms with Crippen molar-refractivity contribution in [1.29, 1.82) is 0 Å². The first kappa shape index (κ1) is 13.9. The molecule has 3 N–H and O–H groups in total. The van der Waals surface area contributed by atoms with Gasteiger partial charge in [0.25, 0.3) is 0 Å². The maximum Gasteiger partial charge on any atom is 0.129 e. The highest BCUT2D eigenvalue weighted by Crippen LogP contribution is 2.05. The van der Waals surface area contributed by atoms with Gasteiger partial charge in [0.2, 0.25) is 0 Å². The average Bonchev–Trinajstić information content (AvgIpc) is 2.29. The number of nitrogens with one attached hydrogen (secondary N) is 2. The summed E-state index contributed by atoms with van der Waals surface area (Å²) in [6, 6.07) is 1.98. The molecule has 0 spiro atoms. The van der Waals surface area contributed by atoms with Crippen LogP contribution in [-0.4, -0.2) is 40.8 Å². The number of nitrogens with zero attached hydrogens (tertiary/aromatic N) is 2. The number of hydrogen-bond donors (Lipinski definition) is 3. The predicted octanol–water partition coefficient (Wildman–Crippen LogP) is 0.811. The Morgan fingerprint density at radius 2 is 2.18 bits per heavy atom. The fraction of sp³-hybridized carbons (Fsp3) is 0.667. The summed E-state index contributed by atoms with van der Waals surface area (Å²) in [5.41, 5.74) is 1.07. The SMILES string of the molecule is CCCc1cc(NCCNCC(C)O)ncn1. The van der Waals surface area contributed by atoms with E-state index in [9.17, 15) is 0 Å². The van der Waals surface area contributed by atoms with Gasteiger partial charge in [-0.25, -0.2) is 9.97 Å². The summed E-state index contributed by atoms with van der Waals surface area (Å²) in [4.78, 5) is 8.35. The van der Waals surface area contributed by atoms with E-state index in [-0.39, 0.29) is 6.10 Å². The normalized spacial score (nSPS) is 12.4. The lowest BCUT2D eigenvalue weighted by Crippen LogP contribution is -2.29. The van der Waals surface area contributed by atoms with Crippen molar-refractivity contribution < 1.29 is 5.11 Å². The largest absolute Gasteiger partial charge is 0.392 e. The first-order chi connectivity index (χ1) is 8.22. The smallest absolute Gasteiger partial charge is 0.129 e. The lowest BCUT2D eigenvalue weighted by molar-refractivity contribution is 0.192. The van der Waals surface area contributed by atoms with E-state index in [1.54, 1.807) is 13.3 Å². The predicted molar refractivity (Wildman–Crippen MR) is 69.1 cm³/mol. The Morgan fingerprint density at radius 3 is 2.88 bits per heavy atom. The molecule has 5 nitrogen and oxygen atoms in total. The summed E-state index contributed by atoms with van der Waals surface area (Å²) in [6.45, 7) is 6.11. The Morgan fingerprint density at radius 1 is 1.35 bits per heavy atom. The van der Waals surface area contributed by atoms with E-state index in [1.807, 2.05) is 6.07 Å². The van der Waals surface area contributed by atoms with E-state index in [0.29, 0.717) is 6.54 Å². The van der Waals surface area contributed by atoms with E-state index < -0.39 is 0 Å². The van der Waals surface area contributed by atoms with Crippen molar-refractivity contribution in [1.82, 2.24) is 15.3 Å². The van der Waals surface area contributed by atoms with Crippen LogP contribution >= 0.6 is 0 Å². The van der Waals surface area contributed by atoms with Crippen molar-refractivity contribution in [3.8, 4) is 0 Å². The molecule has 5 heteroatoms. The molecule has 0 aliphatic carbocycles. The highest BCUT2D eigenvalue weighted by molar-refractivity contribution is 5.34. The summed E-state index contributed by atoms with van der Waals surface area (Å²) in [6.07, 6.45) is 3.37. The molecule has 0 bridgehead atoms. The third-order valence-electron chi connectivity index (χ3n) is 2.28. The fourth-order valence-corrected chi connectivity index (χ4v) is 1.48. The average molecular weight is 238 g/mol. The van der Waals surface area contributed by atoms with Crippen molar-refractivity contribution in [2.45, 2.75) is 32.8 Å². The van der Waals surface area contributed by atoms with Crippen LogP contribution in [0.1, 0.15) is 26.0 Å². The number of hydrogen-bond acceptors (Lipinski definition) is 5. The van der Waals surface area contributed by atoms with Gasteiger partial charge in [-0.15, -0.1) is 0 Å². The quantitative estimate of drug-likeness (QED) is 0.585. The number of anilines is 1. The van der Waals surface area contributed by atoms with Crippen molar-refractivity contribution in [2.24, 2.45) is 0 Å². The van der Waals surface area contributed by atoms with Crippen molar-refractivity contribution >= 4 is 5.82 Å². The minimum atomic E-state index is -0.301. The molecule has 0 aliphatic heterocycles. The zero-order valence-corrected chi connectivity index (χ0v) is 10.6. The Hall–Kier alpha value is -1.20. The molecule has 0 saturated heterocycles. The van der Waals surface area contributed by atoms with Gasteiger partial charge < -0.3 is 15.7 Å². The standard InChI is InChI=1S/C12H22N4O/c1-3-4-11-7-12(16-9-15-11)14-6-5-13-8-10(2)17/h7,9-10,13,17H,3-6,8H2,1-2H3,(H,14,15,16). The van der Waals surface area contributed by atoms with Gasteiger partial charge in [-0.1, -0.05) is 13.3 Å². The zero-order valence-electron chi connectivity index (χ0n) is 10.6. The molecule has 0 radical (unpaired) electrons. The third-order valence-corrected chi connectivity index (χ3v) is 2.28. The van der Waals surface area contributed by atoms with Crippen LogP contribution < -0.4 is 10.6 Å². The lowest BCUT2D eigenvalue weighted by atomic mass is 10.2. The molecule has 0 aromatic carbocycles. The van der Waals surface area contributed by atoms with Crippen molar-refractivity contribution in [3.05, 3.63) is 18.1 Å². The number of aliphatic hydroxyl groups is 1. The molecule has 1 atom stereocenters. The van der Waals surface area contributed by atoms with Crippen LogP contribution in [0.5, 0.6) is 0 Å². The summed E-state index contributed by atoms with van der Waals surface area (Å²) >= 11 is 0. The van der Waals surface area contributed by atoms with Gasteiger partial charge in [-0.2, -0.15) is 0 Å². The maximum atomic E-state index is 9.06. The highest BCUT2D eigenvalue weighted by atomic mass is 16.3. The van der Waals surface area contributed by atoms with Crippen LogP contribution in [0, 0.1) is 0 Å². The minimum Gasteiger partial charge on any atom is -0.392 e. The third kappa shape index (κ3) is 6.19. The van der Waals surface area contributed by atoms with Gasteiger partial charge in [-0.3, -0.25) is 0 Å². The number of rotatable bonds is 8. The second-order valence-corrected chi connectivity index (χ2v) is 4.12. The van der Waals surface area contributed by atoms with Gasteiger partial charge in [0.05, 0.1) is 6.10 Å². The van der Waals surface area contributed by atoms with E-state index in [0.717, 1.165) is 37.4 Å². The molecule has 1 rings (SSSR count). The zero-order chi connectivity index (χ0) is 12.5. The molecule has 0 amide bonds. The lowest BCUT2D eigenvalue weighted by Gasteiger charge is -2.08. The van der Waals surface area contributed by atoms with Gasteiger partial charge in [-0.05, 0) is 13.3 Å². The van der Waals surface area contributed by atoms with E-state index >= 15 is 0 Å². The van der Waals surface area contributed by atoms with E-state index in [4.69, 9.17) is 5.11 Å².